The highest BCUT2D eigenvalue weighted by Gasteiger charge is 2.19. The Morgan fingerprint density at radius 3 is 2.39 bits per heavy atom. The van der Waals surface area contributed by atoms with Gasteiger partial charge in [-0.15, -0.1) is 0 Å². The normalized spacial score (nSPS) is 13.4. The van der Waals surface area contributed by atoms with Gasteiger partial charge in [0.05, 0.1) is 7.11 Å². The topological polar surface area (TPSA) is 64.6 Å². The lowest BCUT2D eigenvalue weighted by molar-refractivity contribution is 0.0793. The third kappa shape index (κ3) is 3.96. The number of carbonyl (C=O) groups is 1. The van der Waals surface area contributed by atoms with Crippen molar-refractivity contribution in [1.82, 2.24) is 14.9 Å². The number of hydrogen-bond donors (Lipinski definition) is 0. The molecule has 0 N–H and O–H groups in total. The Kier molecular flexibility index (Phi) is 5.19. The minimum Gasteiger partial charge on any atom is -0.497 e. The van der Waals surface area contributed by atoms with Crippen LogP contribution in [0.25, 0.3) is 11.1 Å². The number of methoxy groups -OCH3 is 1. The van der Waals surface area contributed by atoms with Crippen LogP contribution < -0.4 is 9.47 Å². The minimum atomic E-state index is 0.0817. The van der Waals surface area contributed by atoms with E-state index in [2.05, 4.69) is 9.97 Å². The van der Waals surface area contributed by atoms with E-state index in [1.54, 1.807) is 25.6 Å². The number of ether oxygens (including phenoxy) is 2. The van der Waals surface area contributed by atoms with Crippen LogP contribution in [0.15, 0.2) is 60.9 Å². The van der Waals surface area contributed by atoms with Crippen LogP contribution in [0.4, 0.5) is 0 Å². The summed E-state index contributed by atoms with van der Waals surface area (Å²) in [6, 6.07) is 15.1. The van der Waals surface area contributed by atoms with Gasteiger partial charge < -0.3 is 14.4 Å². The number of likely N-dealkylation sites (tertiary alicyclic amines) is 1. The molecule has 6 nitrogen and oxygen atoms in total. The van der Waals surface area contributed by atoms with Crippen LogP contribution in [0.3, 0.4) is 0 Å². The number of aromatic nitrogens is 2. The molecule has 0 aliphatic carbocycles. The van der Waals surface area contributed by atoms with Crippen LogP contribution >= 0.6 is 0 Å². The number of amides is 1. The van der Waals surface area contributed by atoms with E-state index in [1.807, 2.05) is 47.4 Å². The first kappa shape index (κ1) is 18.0. The first-order chi connectivity index (χ1) is 13.7. The molecule has 1 aromatic heterocycles. The summed E-state index contributed by atoms with van der Waals surface area (Å²) in [6.07, 6.45) is 5.55. The summed E-state index contributed by atoms with van der Waals surface area (Å²) in [6.45, 7) is 1.67. The first-order valence-corrected chi connectivity index (χ1v) is 9.26. The summed E-state index contributed by atoms with van der Waals surface area (Å²) in [5, 5.41) is 0. The van der Waals surface area contributed by atoms with Gasteiger partial charge >= 0.3 is 6.01 Å². The molecule has 28 heavy (non-hydrogen) atoms. The van der Waals surface area contributed by atoms with Crippen molar-refractivity contribution in [2.75, 3.05) is 20.2 Å². The Hall–Kier alpha value is -3.41. The molecule has 0 saturated carbocycles. The predicted molar refractivity (Wildman–Crippen MR) is 106 cm³/mol. The summed E-state index contributed by atoms with van der Waals surface area (Å²) in [5.74, 6) is 1.39. The molecule has 3 aromatic rings. The number of carbonyl (C=O) groups excluding carboxylic acids is 1. The van der Waals surface area contributed by atoms with E-state index in [-0.39, 0.29) is 11.9 Å². The molecular formula is C22H21N3O3. The van der Waals surface area contributed by atoms with Gasteiger partial charge in [-0.3, -0.25) is 4.79 Å². The molecule has 0 unspecified atom stereocenters. The second kappa shape index (κ2) is 8.08. The quantitative estimate of drug-likeness (QED) is 0.669. The molecule has 1 saturated heterocycles. The molecule has 4 rings (SSSR count). The molecule has 6 heteroatoms. The van der Waals surface area contributed by atoms with Crippen molar-refractivity contribution in [3.63, 3.8) is 0 Å². The maximum absolute atomic E-state index is 12.6. The van der Waals surface area contributed by atoms with E-state index >= 15 is 0 Å². The van der Waals surface area contributed by atoms with E-state index in [0.717, 1.165) is 37.1 Å². The van der Waals surface area contributed by atoms with E-state index in [9.17, 15) is 4.79 Å². The van der Waals surface area contributed by atoms with Crippen LogP contribution in [0.5, 0.6) is 17.5 Å². The Morgan fingerprint density at radius 1 is 0.929 bits per heavy atom. The zero-order valence-electron chi connectivity index (χ0n) is 15.7. The van der Waals surface area contributed by atoms with Gasteiger partial charge in [-0.05, 0) is 42.7 Å². The predicted octanol–water partition coefficient (Wildman–Crippen LogP) is 4.18. The Balaban J connectivity index is 1.50. The summed E-state index contributed by atoms with van der Waals surface area (Å²) < 4.78 is 10.9. The Labute approximate surface area is 163 Å². The molecule has 2 heterocycles. The summed E-state index contributed by atoms with van der Waals surface area (Å²) in [5.41, 5.74) is 2.42. The van der Waals surface area contributed by atoms with Crippen molar-refractivity contribution in [2.24, 2.45) is 0 Å². The van der Waals surface area contributed by atoms with Crippen molar-refractivity contribution in [3.8, 4) is 28.6 Å². The minimum absolute atomic E-state index is 0.0817. The highest BCUT2D eigenvalue weighted by molar-refractivity contribution is 5.95. The molecule has 1 fully saturated rings. The number of rotatable bonds is 5. The SMILES string of the molecule is COc1cccc(Oc2ncc(-c3cccc(C(=O)N4CCCC4)c3)cn2)c1. The third-order valence-corrected chi connectivity index (χ3v) is 4.71. The number of benzene rings is 2. The van der Waals surface area contributed by atoms with Gasteiger partial charge in [0.1, 0.15) is 11.5 Å². The smallest absolute Gasteiger partial charge is 0.321 e. The van der Waals surface area contributed by atoms with Gasteiger partial charge in [-0.25, -0.2) is 9.97 Å². The highest BCUT2D eigenvalue weighted by Crippen LogP contribution is 2.25. The fourth-order valence-electron chi connectivity index (χ4n) is 3.22. The van der Waals surface area contributed by atoms with Crippen LogP contribution in [-0.4, -0.2) is 41.0 Å². The van der Waals surface area contributed by atoms with Crippen LogP contribution in [0, 0.1) is 0 Å². The van der Waals surface area contributed by atoms with Gasteiger partial charge in [0.25, 0.3) is 5.91 Å². The van der Waals surface area contributed by atoms with Crippen molar-refractivity contribution in [3.05, 3.63) is 66.5 Å². The highest BCUT2D eigenvalue weighted by atomic mass is 16.5. The maximum Gasteiger partial charge on any atom is 0.321 e. The summed E-state index contributed by atoms with van der Waals surface area (Å²) in [4.78, 5) is 23.1. The molecule has 1 amide bonds. The van der Waals surface area contributed by atoms with E-state index < -0.39 is 0 Å². The fraction of sp³-hybridized carbons (Fsp3) is 0.227. The lowest BCUT2D eigenvalue weighted by Crippen LogP contribution is -2.27. The average Bonchev–Trinajstić information content (AvgIpc) is 3.29. The van der Waals surface area contributed by atoms with E-state index in [0.29, 0.717) is 17.1 Å². The van der Waals surface area contributed by atoms with Gasteiger partial charge in [0.15, 0.2) is 0 Å². The second-order valence-corrected chi connectivity index (χ2v) is 6.62. The fourth-order valence-corrected chi connectivity index (χ4v) is 3.22. The summed E-state index contributed by atoms with van der Waals surface area (Å²) >= 11 is 0. The largest absolute Gasteiger partial charge is 0.497 e. The van der Waals surface area contributed by atoms with Crippen LogP contribution in [0.2, 0.25) is 0 Å². The molecular weight excluding hydrogens is 354 g/mol. The monoisotopic (exact) mass is 375 g/mol. The van der Waals surface area contributed by atoms with Gasteiger partial charge in [-0.2, -0.15) is 0 Å². The van der Waals surface area contributed by atoms with Gasteiger partial charge in [-0.1, -0.05) is 18.2 Å². The van der Waals surface area contributed by atoms with E-state index in [4.69, 9.17) is 9.47 Å². The molecule has 0 radical (unpaired) electrons. The second-order valence-electron chi connectivity index (χ2n) is 6.62. The van der Waals surface area contributed by atoms with E-state index in [1.165, 1.54) is 0 Å². The van der Waals surface area contributed by atoms with Crippen molar-refractivity contribution < 1.29 is 14.3 Å². The lowest BCUT2D eigenvalue weighted by atomic mass is 10.1. The molecule has 1 aliphatic rings. The number of nitrogens with zero attached hydrogens (tertiary/aromatic N) is 3. The number of hydrogen-bond acceptors (Lipinski definition) is 5. The lowest BCUT2D eigenvalue weighted by Gasteiger charge is -2.15. The van der Waals surface area contributed by atoms with Crippen molar-refractivity contribution >= 4 is 5.91 Å². The zero-order valence-corrected chi connectivity index (χ0v) is 15.7. The zero-order chi connectivity index (χ0) is 19.3. The summed E-state index contributed by atoms with van der Waals surface area (Å²) in [7, 11) is 1.60. The Morgan fingerprint density at radius 2 is 1.64 bits per heavy atom. The van der Waals surface area contributed by atoms with Gasteiger partial charge in [0, 0.05) is 42.7 Å². The van der Waals surface area contributed by atoms with Crippen LogP contribution in [0.1, 0.15) is 23.2 Å². The van der Waals surface area contributed by atoms with Crippen molar-refractivity contribution in [2.45, 2.75) is 12.8 Å². The van der Waals surface area contributed by atoms with Crippen molar-refractivity contribution in [1.29, 1.82) is 0 Å². The molecule has 1 aliphatic heterocycles. The van der Waals surface area contributed by atoms with Crippen LogP contribution in [-0.2, 0) is 0 Å². The first-order valence-electron chi connectivity index (χ1n) is 9.26. The molecule has 2 aromatic carbocycles. The average molecular weight is 375 g/mol. The Bertz CT molecular complexity index is 967. The molecule has 142 valence electrons. The maximum atomic E-state index is 12.6. The molecule has 0 spiro atoms. The van der Waals surface area contributed by atoms with Gasteiger partial charge in [0.2, 0.25) is 0 Å². The molecule has 0 atom stereocenters. The third-order valence-electron chi connectivity index (χ3n) is 4.71. The standard InChI is InChI=1S/C22H21N3O3/c1-27-19-8-5-9-20(13-19)28-22-23-14-18(15-24-22)16-6-4-7-17(12-16)21(26)25-10-2-3-11-25/h4-9,12-15H,2-3,10-11H2,1H3. The molecule has 0 bridgehead atoms.